The van der Waals surface area contributed by atoms with Gasteiger partial charge in [0.15, 0.2) is 29.1 Å². The molecule has 0 amide bonds. The van der Waals surface area contributed by atoms with Crippen LogP contribution in [0.25, 0.3) is 16.9 Å². The van der Waals surface area contributed by atoms with Crippen molar-refractivity contribution >= 4 is 23.1 Å². The number of carbonyl (C=O) groups is 1. The molecule has 3 heterocycles. The molecular weight excluding hydrogens is 587 g/mol. The highest BCUT2D eigenvalue weighted by Crippen LogP contribution is 2.42. The lowest BCUT2D eigenvalue weighted by molar-refractivity contribution is -0.160. The Balaban J connectivity index is 1.46. The van der Waals surface area contributed by atoms with Crippen molar-refractivity contribution in [2.24, 2.45) is 0 Å². The highest BCUT2D eigenvalue weighted by Gasteiger charge is 2.34. The van der Waals surface area contributed by atoms with Crippen molar-refractivity contribution in [1.29, 1.82) is 0 Å². The van der Waals surface area contributed by atoms with E-state index in [1.165, 1.54) is 6.07 Å². The summed E-state index contributed by atoms with van der Waals surface area (Å²) in [7, 11) is 0. The quantitative estimate of drug-likeness (QED) is 0.172. The summed E-state index contributed by atoms with van der Waals surface area (Å²) >= 11 is 0. The molecule has 0 radical (unpaired) electrons. The molecule has 238 valence electrons. The first-order chi connectivity index (χ1) is 22.0. The molecule has 0 aliphatic carbocycles. The van der Waals surface area contributed by atoms with E-state index in [0.29, 0.717) is 59.4 Å². The fraction of sp³-hybridized carbons (Fsp3) is 0.306. The fourth-order valence-corrected chi connectivity index (χ4v) is 5.81. The Morgan fingerprint density at radius 3 is 2.63 bits per heavy atom. The van der Waals surface area contributed by atoms with Gasteiger partial charge in [-0.25, -0.2) is 18.7 Å². The molecule has 10 heteroatoms. The minimum absolute atomic E-state index is 0.244. The van der Waals surface area contributed by atoms with E-state index in [1.54, 1.807) is 38.3 Å². The number of fused-ring (bicyclic) bond motifs is 2. The number of ether oxygens (including phenoxy) is 3. The van der Waals surface area contributed by atoms with E-state index in [0.717, 1.165) is 28.8 Å². The molecular formula is C36H37FN4O5. The molecule has 1 atom stereocenters. The first-order valence-electron chi connectivity index (χ1n) is 15.3. The number of hydrogen-bond acceptors (Lipinski definition) is 7. The van der Waals surface area contributed by atoms with Crippen LogP contribution in [-0.2, 0) is 22.6 Å². The molecule has 46 heavy (non-hydrogen) atoms. The molecule has 0 bridgehead atoms. The van der Waals surface area contributed by atoms with Crippen molar-refractivity contribution in [1.82, 2.24) is 14.6 Å². The minimum Gasteiger partial charge on any atom is -0.490 e. The van der Waals surface area contributed by atoms with Gasteiger partial charge in [-0.15, -0.1) is 5.10 Å². The van der Waals surface area contributed by atoms with Crippen molar-refractivity contribution in [2.45, 2.75) is 65.8 Å². The van der Waals surface area contributed by atoms with E-state index in [1.807, 2.05) is 61.5 Å². The molecule has 1 aliphatic rings. The van der Waals surface area contributed by atoms with Crippen LogP contribution in [0.4, 0.5) is 15.9 Å². The Morgan fingerprint density at radius 1 is 1.11 bits per heavy atom. The van der Waals surface area contributed by atoms with Crippen LogP contribution in [0, 0.1) is 19.7 Å². The van der Waals surface area contributed by atoms with Crippen LogP contribution in [0.3, 0.4) is 0 Å². The van der Waals surface area contributed by atoms with Crippen LogP contribution in [0.5, 0.6) is 11.5 Å². The lowest BCUT2D eigenvalue weighted by Gasteiger charge is -2.28. The third-order valence-corrected chi connectivity index (χ3v) is 7.83. The number of nitrogens with zero attached hydrogens (tertiary/aromatic N) is 3. The number of aliphatic carboxylic acids is 1. The highest BCUT2D eigenvalue weighted by molar-refractivity contribution is 5.82. The monoisotopic (exact) mass is 624 g/mol. The Labute approximate surface area is 267 Å². The second-order valence-electron chi connectivity index (χ2n) is 12.4. The molecule has 5 aromatic rings. The number of carboxylic acid groups (broad SMARTS) is 1. The lowest BCUT2D eigenvalue weighted by atomic mass is 9.91. The van der Waals surface area contributed by atoms with Gasteiger partial charge in [-0.3, -0.25) is 0 Å². The van der Waals surface area contributed by atoms with Crippen molar-refractivity contribution in [3.63, 3.8) is 0 Å². The fourth-order valence-electron chi connectivity index (χ4n) is 5.81. The van der Waals surface area contributed by atoms with Gasteiger partial charge in [-0.1, -0.05) is 36.4 Å². The van der Waals surface area contributed by atoms with Gasteiger partial charge in [0.25, 0.3) is 0 Å². The predicted octanol–water partition coefficient (Wildman–Crippen LogP) is 7.74. The van der Waals surface area contributed by atoms with E-state index >= 15 is 4.39 Å². The van der Waals surface area contributed by atoms with E-state index in [-0.39, 0.29) is 5.75 Å². The first-order valence-corrected chi connectivity index (χ1v) is 15.3. The van der Waals surface area contributed by atoms with E-state index in [2.05, 4.69) is 5.32 Å². The van der Waals surface area contributed by atoms with Crippen LogP contribution in [0.1, 0.15) is 61.2 Å². The number of benzene rings is 3. The zero-order chi connectivity index (χ0) is 32.6. The molecule has 0 saturated carbocycles. The van der Waals surface area contributed by atoms with Gasteiger partial charge in [-0.2, -0.15) is 0 Å². The average molecular weight is 625 g/mol. The first kappa shape index (κ1) is 31.0. The largest absolute Gasteiger partial charge is 0.490 e. The Bertz CT molecular complexity index is 1920. The molecule has 0 fully saturated rings. The summed E-state index contributed by atoms with van der Waals surface area (Å²) in [4.78, 5) is 17.5. The summed E-state index contributed by atoms with van der Waals surface area (Å²) < 4.78 is 35.0. The van der Waals surface area contributed by atoms with Crippen LogP contribution in [0.15, 0.2) is 66.7 Å². The van der Waals surface area contributed by atoms with E-state index < -0.39 is 23.5 Å². The molecule has 6 rings (SSSR count). The summed E-state index contributed by atoms with van der Waals surface area (Å²) in [6, 6.07) is 20.6. The Hall–Kier alpha value is -4.96. The maximum Gasteiger partial charge on any atom is 0.337 e. The molecule has 3 aromatic carbocycles. The standard InChI is InChI=1S/C36H37FN4O5/c1-21-26-15-10-16-44-33(26)28(37)18-27(21)32-31(34(35(42)43)46-36(3,4)5)22(2)38-30-19-29(40-41(30)32)39-24-13-9-14-25(17-24)45-20-23-11-7-6-8-12-23/h6-9,11-14,17-19,34H,10,15-16,20H2,1-5H3,(H,39,40)(H,42,43)/t34-/m0/s1. The Kier molecular flexibility index (Phi) is 8.39. The number of anilines is 2. The number of hydrogen-bond donors (Lipinski definition) is 2. The number of aryl methyl sites for hydroxylation is 1. The highest BCUT2D eigenvalue weighted by atomic mass is 19.1. The molecule has 9 nitrogen and oxygen atoms in total. The predicted molar refractivity (Wildman–Crippen MR) is 173 cm³/mol. The van der Waals surface area contributed by atoms with Crippen molar-refractivity contribution < 1.29 is 28.5 Å². The molecule has 0 spiro atoms. The van der Waals surface area contributed by atoms with Crippen molar-refractivity contribution in [2.75, 3.05) is 11.9 Å². The van der Waals surface area contributed by atoms with Crippen LogP contribution < -0.4 is 14.8 Å². The average Bonchev–Trinajstić information content (AvgIpc) is 3.42. The summed E-state index contributed by atoms with van der Waals surface area (Å²) in [5.74, 6) is -0.300. The normalized spacial score (nSPS) is 13.6. The van der Waals surface area contributed by atoms with Crippen LogP contribution >= 0.6 is 0 Å². The number of nitrogens with one attached hydrogen (secondary N) is 1. The van der Waals surface area contributed by atoms with Gasteiger partial charge in [-0.05, 0) is 76.8 Å². The molecule has 2 aromatic heterocycles. The van der Waals surface area contributed by atoms with Gasteiger partial charge in [0.05, 0.1) is 17.9 Å². The zero-order valence-electron chi connectivity index (χ0n) is 26.6. The topological polar surface area (TPSA) is 107 Å². The number of aromatic nitrogens is 3. The maximum atomic E-state index is 15.6. The smallest absolute Gasteiger partial charge is 0.337 e. The summed E-state index contributed by atoms with van der Waals surface area (Å²) in [6.07, 6.45) is 0.00773. The zero-order valence-corrected chi connectivity index (χ0v) is 26.6. The van der Waals surface area contributed by atoms with Gasteiger partial charge in [0, 0.05) is 40.2 Å². The summed E-state index contributed by atoms with van der Waals surface area (Å²) in [6.45, 7) is 9.88. The van der Waals surface area contributed by atoms with Crippen molar-refractivity contribution in [3.05, 3.63) is 100 Å². The molecule has 2 N–H and O–H groups in total. The van der Waals surface area contributed by atoms with Crippen LogP contribution in [-0.4, -0.2) is 37.9 Å². The SMILES string of the molecule is Cc1nc2cc(Nc3cccc(OCc4ccccc4)c3)nn2c(-c2cc(F)c3c(c2C)CCCO3)c1[C@H](OC(C)(C)C)C(=O)O. The van der Waals surface area contributed by atoms with E-state index in [9.17, 15) is 9.90 Å². The third kappa shape index (κ3) is 6.39. The number of carboxylic acids is 1. The lowest BCUT2D eigenvalue weighted by Crippen LogP contribution is -2.29. The Morgan fingerprint density at radius 2 is 1.89 bits per heavy atom. The summed E-state index contributed by atoms with van der Waals surface area (Å²) in [5.41, 5.74) is 4.66. The second-order valence-corrected chi connectivity index (χ2v) is 12.4. The van der Waals surface area contributed by atoms with Gasteiger partial charge in [0.2, 0.25) is 0 Å². The van der Waals surface area contributed by atoms with Gasteiger partial charge >= 0.3 is 5.97 Å². The van der Waals surface area contributed by atoms with Gasteiger partial charge in [0.1, 0.15) is 12.4 Å². The molecule has 0 unspecified atom stereocenters. The third-order valence-electron chi connectivity index (χ3n) is 7.83. The second kappa shape index (κ2) is 12.4. The van der Waals surface area contributed by atoms with Gasteiger partial charge < -0.3 is 24.6 Å². The van der Waals surface area contributed by atoms with Crippen molar-refractivity contribution in [3.8, 4) is 22.8 Å². The number of halogens is 1. The minimum atomic E-state index is -1.39. The molecule has 1 aliphatic heterocycles. The van der Waals surface area contributed by atoms with E-state index in [4.69, 9.17) is 24.3 Å². The number of rotatable bonds is 9. The summed E-state index contributed by atoms with van der Waals surface area (Å²) in [5, 5.41) is 18.6. The maximum absolute atomic E-state index is 15.6. The molecule has 0 saturated heterocycles. The van der Waals surface area contributed by atoms with Crippen LogP contribution in [0.2, 0.25) is 0 Å².